The summed E-state index contributed by atoms with van der Waals surface area (Å²) < 4.78 is 1.73. The Bertz CT molecular complexity index is 604. The van der Waals surface area contributed by atoms with Crippen molar-refractivity contribution in [3.63, 3.8) is 0 Å². The SMILES string of the molecule is C=C(C)CC(O)c1ccc(Cl)cc1-c1cnn(C)c1. The van der Waals surface area contributed by atoms with Crippen LogP contribution in [0.15, 0.2) is 42.7 Å². The lowest BCUT2D eigenvalue weighted by molar-refractivity contribution is 0.179. The first kappa shape index (κ1) is 13.8. The summed E-state index contributed by atoms with van der Waals surface area (Å²) in [6.07, 6.45) is 3.63. The molecular weight excluding hydrogens is 260 g/mol. The van der Waals surface area contributed by atoms with Crippen LogP contribution in [0.5, 0.6) is 0 Å². The number of hydrogen-bond donors (Lipinski definition) is 1. The standard InChI is InChI=1S/C15H17ClN2O/c1-10(2)6-15(19)13-5-4-12(16)7-14(13)11-8-17-18(3)9-11/h4-5,7-9,15,19H,1,6H2,2-3H3. The third kappa shape index (κ3) is 3.25. The molecule has 0 spiro atoms. The minimum absolute atomic E-state index is 0.537. The van der Waals surface area contributed by atoms with E-state index in [0.717, 1.165) is 22.3 Å². The molecule has 2 rings (SSSR count). The summed E-state index contributed by atoms with van der Waals surface area (Å²) in [4.78, 5) is 0. The number of nitrogens with zero attached hydrogens (tertiary/aromatic N) is 2. The Kier molecular flexibility index (Phi) is 4.08. The molecule has 3 nitrogen and oxygen atoms in total. The van der Waals surface area contributed by atoms with Gasteiger partial charge in [0.25, 0.3) is 0 Å². The molecule has 1 atom stereocenters. The first-order valence-corrected chi connectivity index (χ1v) is 6.46. The van der Waals surface area contributed by atoms with Crippen molar-refractivity contribution in [2.45, 2.75) is 19.4 Å². The van der Waals surface area contributed by atoms with Crippen molar-refractivity contribution >= 4 is 11.6 Å². The molecule has 0 radical (unpaired) electrons. The van der Waals surface area contributed by atoms with Crippen molar-refractivity contribution < 1.29 is 5.11 Å². The highest BCUT2D eigenvalue weighted by molar-refractivity contribution is 6.30. The van der Waals surface area contributed by atoms with Crippen LogP contribution < -0.4 is 0 Å². The third-order valence-corrected chi connectivity index (χ3v) is 3.17. The van der Waals surface area contributed by atoms with Crippen molar-refractivity contribution in [2.75, 3.05) is 0 Å². The lowest BCUT2D eigenvalue weighted by Crippen LogP contribution is -2.00. The zero-order valence-corrected chi connectivity index (χ0v) is 11.9. The lowest BCUT2D eigenvalue weighted by atomic mass is 9.95. The van der Waals surface area contributed by atoms with Crippen LogP contribution in [0.3, 0.4) is 0 Å². The molecule has 19 heavy (non-hydrogen) atoms. The van der Waals surface area contributed by atoms with Gasteiger partial charge in [0.1, 0.15) is 0 Å². The topological polar surface area (TPSA) is 38.1 Å². The molecule has 0 saturated carbocycles. The second kappa shape index (κ2) is 5.59. The number of rotatable bonds is 4. The summed E-state index contributed by atoms with van der Waals surface area (Å²) in [5.74, 6) is 0. The second-order valence-corrected chi connectivity index (χ2v) is 5.25. The van der Waals surface area contributed by atoms with Gasteiger partial charge in [-0.1, -0.05) is 23.2 Å². The van der Waals surface area contributed by atoms with E-state index in [9.17, 15) is 5.11 Å². The van der Waals surface area contributed by atoms with Gasteiger partial charge in [-0.05, 0) is 36.6 Å². The van der Waals surface area contributed by atoms with Crippen LogP contribution >= 0.6 is 11.6 Å². The van der Waals surface area contributed by atoms with Crippen LogP contribution in [0.2, 0.25) is 5.02 Å². The monoisotopic (exact) mass is 276 g/mol. The molecule has 0 aliphatic carbocycles. The highest BCUT2D eigenvalue weighted by Gasteiger charge is 2.15. The van der Waals surface area contributed by atoms with Crippen LogP contribution in [0.25, 0.3) is 11.1 Å². The van der Waals surface area contributed by atoms with Gasteiger partial charge in [0.2, 0.25) is 0 Å². The zero-order valence-electron chi connectivity index (χ0n) is 11.1. The first-order chi connectivity index (χ1) is 8.97. The molecular formula is C15H17ClN2O. The van der Waals surface area contributed by atoms with E-state index < -0.39 is 6.10 Å². The number of aliphatic hydroxyl groups excluding tert-OH is 1. The fraction of sp³-hybridized carbons (Fsp3) is 0.267. The first-order valence-electron chi connectivity index (χ1n) is 6.08. The Hall–Kier alpha value is -1.58. The minimum Gasteiger partial charge on any atom is -0.388 e. The number of benzene rings is 1. The molecule has 0 saturated heterocycles. The summed E-state index contributed by atoms with van der Waals surface area (Å²) in [7, 11) is 1.86. The van der Waals surface area contributed by atoms with Gasteiger partial charge >= 0.3 is 0 Å². The molecule has 0 fully saturated rings. The van der Waals surface area contributed by atoms with Gasteiger partial charge in [-0.15, -0.1) is 6.58 Å². The molecule has 0 bridgehead atoms. The molecule has 100 valence electrons. The van der Waals surface area contributed by atoms with Crippen LogP contribution in [0.1, 0.15) is 25.0 Å². The minimum atomic E-state index is -0.579. The van der Waals surface area contributed by atoms with Gasteiger partial charge in [-0.2, -0.15) is 5.10 Å². The number of aromatic nitrogens is 2. The van der Waals surface area contributed by atoms with Gasteiger partial charge in [0.05, 0.1) is 12.3 Å². The van der Waals surface area contributed by atoms with Crippen molar-refractivity contribution in [3.8, 4) is 11.1 Å². The lowest BCUT2D eigenvalue weighted by Gasteiger charge is -2.15. The maximum atomic E-state index is 10.3. The van der Waals surface area contributed by atoms with Gasteiger partial charge < -0.3 is 5.11 Å². The van der Waals surface area contributed by atoms with Crippen LogP contribution in [-0.2, 0) is 7.05 Å². The summed E-state index contributed by atoms with van der Waals surface area (Å²) in [5, 5.41) is 15.1. The Morgan fingerprint density at radius 1 is 1.53 bits per heavy atom. The van der Waals surface area contributed by atoms with Gasteiger partial charge in [-0.25, -0.2) is 0 Å². The second-order valence-electron chi connectivity index (χ2n) is 4.81. The Morgan fingerprint density at radius 3 is 2.84 bits per heavy atom. The van der Waals surface area contributed by atoms with Crippen LogP contribution in [0, 0.1) is 0 Å². The van der Waals surface area contributed by atoms with E-state index in [2.05, 4.69) is 11.7 Å². The molecule has 0 aliphatic rings. The van der Waals surface area contributed by atoms with E-state index in [1.54, 1.807) is 16.9 Å². The maximum Gasteiger partial charge on any atom is 0.0832 e. The number of aliphatic hydroxyl groups is 1. The summed E-state index contributed by atoms with van der Waals surface area (Å²) in [6, 6.07) is 5.51. The smallest absolute Gasteiger partial charge is 0.0832 e. The average Bonchev–Trinajstić information content (AvgIpc) is 2.74. The molecule has 1 unspecified atom stereocenters. The van der Waals surface area contributed by atoms with E-state index in [1.807, 2.05) is 32.3 Å². The fourth-order valence-corrected chi connectivity index (χ4v) is 2.24. The van der Waals surface area contributed by atoms with E-state index in [0.29, 0.717) is 11.4 Å². The van der Waals surface area contributed by atoms with Crippen LogP contribution in [0.4, 0.5) is 0 Å². The number of hydrogen-bond acceptors (Lipinski definition) is 2. The van der Waals surface area contributed by atoms with Crippen molar-refractivity contribution in [1.82, 2.24) is 9.78 Å². The van der Waals surface area contributed by atoms with E-state index in [4.69, 9.17) is 11.6 Å². The molecule has 1 N–H and O–H groups in total. The van der Waals surface area contributed by atoms with Gasteiger partial charge in [0, 0.05) is 23.8 Å². The normalized spacial score (nSPS) is 12.4. The van der Waals surface area contributed by atoms with Crippen molar-refractivity contribution in [1.29, 1.82) is 0 Å². The van der Waals surface area contributed by atoms with Gasteiger partial charge in [-0.3, -0.25) is 4.68 Å². The van der Waals surface area contributed by atoms with Gasteiger partial charge in [0.15, 0.2) is 0 Å². The Labute approximate surface area is 118 Å². The molecule has 0 aliphatic heterocycles. The van der Waals surface area contributed by atoms with Crippen LogP contribution in [-0.4, -0.2) is 14.9 Å². The highest BCUT2D eigenvalue weighted by Crippen LogP contribution is 2.32. The number of halogens is 1. The number of aryl methyl sites for hydroxylation is 1. The molecule has 1 aromatic carbocycles. The summed E-state index contributed by atoms with van der Waals surface area (Å²) >= 11 is 6.06. The predicted octanol–water partition coefficient (Wildman–Crippen LogP) is 3.74. The molecule has 4 heteroatoms. The predicted molar refractivity (Wildman–Crippen MR) is 78.0 cm³/mol. The summed E-state index contributed by atoms with van der Waals surface area (Å²) in [5.41, 5.74) is 3.65. The third-order valence-electron chi connectivity index (χ3n) is 2.93. The maximum absolute atomic E-state index is 10.3. The molecule has 2 aromatic rings. The summed E-state index contributed by atoms with van der Waals surface area (Å²) in [6.45, 7) is 5.75. The average molecular weight is 277 g/mol. The fourth-order valence-electron chi connectivity index (χ4n) is 2.07. The molecule has 1 heterocycles. The van der Waals surface area contributed by atoms with Crippen molar-refractivity contribution in [3.05, 3.63) is 53.3 Å². The Morgan fingerprint density at radius 2 is 2.26 bits per heavy atom. The Balaban J connectivity index is 2.46. The molecule has 1 aromatic heterocycles. The van der Waals surface area contributed by atoms with Crippen molar-refractivity contribution in [2.24, 2.45) is 7.05 Å². The largest absolute Gasteiger partial charge is 0.388 e. The molecule has 0 amide bonds. The van der Waals surface area contributed by atoms with E-state index in [1.165, 1.54) is 0 Å². The quantitative estimate of drug-likeness (QED) is 0.864. The highest BCUT2D eigenvalue weighted by atomic mass is 35.5. The van der Waals surface area contributed by atoms with E-state index in [-0.39, 0.29) is 0 Å². The van der Waals surface area contributed by atoms with E-state index >= 15 is 0 Å². The zero-order chi connectivity index (χ0) is 14.0.